The van der Waals surface area contributed by atoms with Gasteiger partial charge in [-0.3, -0.25) is 0 Å². The topological polar surface area (TPSA) is 0 Å². The zero-order valence-electron chi connectivity index (χ0n) is 12.3. The molecule has 22 heavy (non-hydrogen) atoms. The van der Waals surface area contributed by atoms with Crippen LogP contribution >= 0.6 is 11.8 Å². The molecule has 0 bridgehead atoms. The van der Waals surface area contributed by atoms with E-state index in [1.807, 2.05) is 0 Å². The molecule has 4 aromatic rings. The Bertz CT molecular complexity index is 1030. The summed E-state index contributed by atoms with van der Waals surface area (Å²) in [5.74, 6) is 2.42. The summed E-state index contributed by atoms with van der Waals surface area (Å²) in [7, 11) is 0. The summed E-state index contributed by atoms with van der Waals surface area (Å²) in [6.45, 7) is 0. The Kier molecular flexibility index (Phi) is 2.71. The van der Waals surface area contributed by atoms with Crippen LogP contribution in [0, 0.1) is 0 Å². The number of fused-ring (bicyclic) bond motifs is 5. The third-order valence-corrected chi connectivity index (χ3v) is 5.81. The molecular formula is C21H16S. The third kappa shape index (κ3) is 1.85. The Labute approximate surface area is 134 Å². The Balaban J connectivity index is 1.89. The summed E-state index contributed by atoms with van der Waals surface area (Å²) in [5.41, 5.74) is 3.11. The van der Waals surface area contributed by atoms with Crippen molar-refractivity contribution in [3.63, 3.8) is 0 Å². The van der Waals surface area contributed by atoms with Crippen LogP contribution in [-0.2, 0) is 12.2 Å². The summed E-state index contributed by atoms with van der Waals surface area (Å²) in [4.78, 5) is 0. The van der Waals surface area contributed by atoms with Gasteiger partial charge in [0.05, 0.1) is 0 Å². The van der Waals surface area contributed by atoms with Gasteiger partial charge in [0.1, 0.15) is 0 Å². The quantitative estimate of drug-likeness (QED) is 0.362. The van der Waals surface area contributed by atoms with Crippen molar-refractivity contribution in [3.8, 4) is 0 Å². The molecule has 0 saturated carbocycles. The first-order chi connectivity index (χ1) is 10.9. The summed E-state index contributed by atoms with van der Waals surface area (Å²) < 4.78 is 0. The van der Waals surface area contributed by atoms with E-state index in [-0.39, 0.29) is 0 Å². The highest BCUT2D eigenvalue weighted by Crippen LogP contribution is 2.34. The van der Waals surface area contributed by atoms with Crippen LogP contribution in [0.15, 0.2) is 60.7 Å². The Hall–Kier alpha value is -1.99. The van der Waals surface area contributed by atoms with E-state index >= 15 is 0 Å². The fourth-order valence-corrected chi connectivity index (χ4v) is 4.64. The molecule has 0 radical (unpaired) electrons. The summed E-state index contributed by atoms with van der Waals surface area (Å²) in [5, 5.41) is 8.20. The molecule has 0 spiro atoms. The number of hydrogen-bond donors (Lipinski definition) is 0. The van der Waals surface area contributed by atoms with Crippen molar-refractivity contribution in [2.24, 2.45) is 0 Å². The molecule has 5 rings (SSSR count). The highest BCUT2D eigenvalue weighted by atomic mass is 32.2. The average Bonchev–Trinajstić information content (AvgIpc) is 2.58. The van der Waals surface area contributed by atoms with Crippen LogP contribution < -0.4 is 0 Å². The maximum Gasteiger partial charge on any atom is 0.0187 e. The minimum Gasteiger partial charge on any atom is -0.157 e. The second-order valence-electron chi connectivity index (χ2n) is 6.13. The first-order valence-electron chi connectivity index (χ1n) is 7.83. The van der Waals surface area contributed by atoms with E-state index < -0.39 is 0 Å². The lowest BCUT2D eigenvalue weighted by atomic mass is 9.94. The van der Waals surface area contributed by atoms with E-state index in [2.05, 4.69) is 72.4 Å². The van der Waals surface area contributed by atoms with Crippen LogP contribution in [0.1, 0.15) is 11.1 Å². The molecule has 1 aliphatic heterocycles. The van der Waals surface area contributed by atoms with Gasteiger partial charge in [-0.2, -0.15) is 11.8 Å². The smallest absolute Gasteiger partial charge is 0.0187 e. The molecule has 1 heterocycles. The van der Waals surface area contributed by atoms with Gasteiger partial charge in [-0.05, 0) is 79.9 Å². The Morgan fingerprint density at radius 2 is 1.41 bits per heavy atom. The van der Waals surface area contributed by atoms with Crippen molar-refractivity contribution in [2.75, 3.05) is 5.75 Å². The lowest BCUT2D eigenvalue weighted by Crippen LogP contribution is -2.02. The summed E-state index contributed by atoms with van der Waals surface area (Å²) in [6.07, 6.45) is 1.20. The van der Waals surface area contributed by atoms with Crippen molar-refractivity contribution in [1.82, 2.24) is 0 Å². The largest absolute Gasteiger partial charge is 0.157 e. The summed E-state index contributed by atoms with van der Waals surface area (Å²) in [6, 6.07) is 22.7. The van der Waals surface area contributed by atoms with Crippen LogP contribution in [0.5, 0.6) is 0 Å². The van der Waals surface area contributed by atoms with Gasteiger partial charge < -0.3 is 0 Å². The predicted octanol–water partition coefficient (Wildman–Crippen LogP) is 5.94. The van der Waals surface area contributed by atoms with Crippen LogP contribution in [0.4, 0.5) is 0 Å². The van der Waals surface area contributed by atoms with E-state index in [1.165, 1.54) is 55.8 Å². The number of thioether (sulfide) groups is 1. The van der Waals surface area contributed by atoms with E-state index in [0.29, 0.717) is 0 Å². The van der Waals surface area contributed by atoms with Crippen molar-refractivity contribution in [3.05, 3.63) is 71.8 Å². The summed E-state index contributed by atoms with van der Waals surface area (Å²) >= 11 is 2.05. The van der Waals surface area contributed by atoms with E-state index in [9.17, 15) is 0 Å². The molecular weight excluding hydrogens is 284 g/mol. The van der Waals surface area contributed by atoms with Gasteiger partial charge >= 0.3 is 0 Å². The second kappa shape index (κ2) is 4.76. The average molecular weight is 300 g/mol. The number of benzene rings is 4. The highest BCUT2D eigenvalue weighted by Gasteiger charge is 2.13. The van der Waals surface area contributed by atoms with Gasteiger partial charge in [0, 0.05) is 5.75 Å². The Morgan fingerprint density at radius 1 is 0.682 bits per heavy atom. The first kappa shape index (κ1) is 12.5. The first-order valence-corrected chi connectivity index (χ1v) is 8.99. The number of hydrogen-bond acceptors (Lipinski definition) is 1. The molecule has 0 nitrogen and oxygen atoms in total. The van der Waals surface area contributed by atoms with Crippen LogP contribution in [-0.4, -0.2) is 5.75 Å². The minimum absolute atomic E-state index is 1.17. The fourth-order valence-electron chi connectivity index (χ4n) is 3.66. The monoisotopic (exact) mass is 300 g/mol. The predicted molar refractivity (Wildman–Crippen MR) is 98.8 cm³/mol. The van der Waals surface area contributed by atoms with E-state index in [1.54, 1.807) is 5.56 Å². The molecule has 0 N–H and O–H groups in total. The molecule has 0 fully saturated rings. The molecule has 1 heteroatoms. The molecule has 0 aromatic heterocycles. The molecule has 0 unspecified atom stereocenters. The molecule has 1 aliphatic rings. The van der Waals surface area contributed by atoms with Gasteiger partial charge in [-0.25, -0.2) is 0 Å². The second-order valence-corrected chi connectivity index (χ2v) is 7.23. The molecule has 0 amide bonds. The standard InChI is InChI=1S/C21H16S/c1-2-4-15-10-19-12-21-16(11-18(19)9-14(15)3-1)5-6-17-13-22-8-7-20(17)21/h1-6,9-12H,7-8,13H2. The maximum absolute atomic E-state index is 2.41. The molecule has 106 valence electrons. The van der Waals surface area contributed by atoms with E-state index in [4.69, 9.17) is 0 Å². The van der Waals surface area contributed by atoms with Crippen molar-refractivity contribution in [2.45, 2.75) is 12.2 Å². The van der Waals surface area contributed by atoms with Gasteiger partial charge in [-0.15, -0.1) is 0 Å². The minimum atomic E-state index is 1.17. The normalized spacial score (nSPS) is 14.5. The molecule has 0 saturated heterocycles. The van der Waals surface area contributed by atoms with Gasteiger partial charge in [0.25, 0.3) is 0 Å². The van der Waals surface area contributed by atoms with Gasteiger partial charge in [-0.1, -0.05) is 36.4 Å². The SMILES string of the molecule is c1ccc2cc3cc4c5c(ccc4cc3cc2c1)CSCC5. The number of rotatable bonds is 0. The highest BCUT2D eigenvalue weighted by molar-refractivity contribution is 7.98. The van der Waals surface area contributed by atoms with Crippen molar-refractivity contribution in [1.29, 1.82) is 0 Å². The van der Waals surface area contributed by atoms with Crippen LogP contribution in [0.2, 0.25) is 0 Å². The lowest BCUT2D eigenvalue weighted by molar-refractivity contribution is 1.10. The zero-order valence-corrected chi connectivity index (χ0v) is 13.1. The third-order valence-electron chi connectivity index (χ3n) is 4.80. The van der Waals surface area contributed by atoms with Crippen molar-refractivity contribution < 1.29 is 0 Å². The van der Waals surface area contributed by atoms with Crippen LogP contribution in [0.3, 0.4) is 0 Å². The zero-order chi connectivity index (χ0) is 14.5. The van der Waals surface area contributed by atoms with Crippen LogP contribution in [0.25, 0.3) is 32.3 Å². The molecule has 0 aliphatic carbocycles. The van der Waals surface area contributed by atoms with Gasteiger partial charge in [0.15, 0.2) is 0 Å². The lowest BCUT2D eigenvalue weighted by Gasteiger charge is -2.18. The van der Waals surface area contributed by atoms with E-state index in [0.717, 1.165) is 0 Å². The maximum atomic E-state index is 2.41. The number of aryl methyl sites for hydroxylation is 1. The van der Waals surface area contributed by atoms with Crippen molar-refractivity contribution >= 4 is 44.1 Å². The fraction of sp³-hybridized carbons (Fsp3) is 0.143. The molecule has 0 atom stereocenters. The Morgan fingerprint density at radius 3 is 2.23 bits per heavy atom. The molecule has 4 aromatic carbocycles. The van der Waals surface area contributed by atoms with Gasteiger partial charge in [0.2, 0.25) is 0 Å².